The maximum atomic E-state index is 12.1. The summed E-state index contributed by atoms with van der Waals surface area (Å²) >= 11 is 1.11. The van der Waals surface area contributed by atoms with Crippen molar-refractivity contribution in [2.45, 2.75) is 50.5 Å². The first-order chi connectivity index (χ1) is 13.0. The van der Waals surface area contributed by atoms with E-state index >= 15 is 0 Å². The van der Waals surface area contributed by atoms with Crippen LogP contribution in [0.3, 0.4) is 0 Å². The van der Waals surface area contributed by atoms with Crippen LogP contribution >= 0.6 is 11.8 Å². The number of carbonyl (C=O) groups is 2. The van der Waals surface area contributed by atoms with Gasteiger partial charge < -0.3 is 19.9 Å². The Labute approximate surface area is 164 Å². The Kier molecular flexibility index (Phi) is 8.34. The van der Waals surface area contributed by atoms with Crippen molar-refractivity contribution in [3.8, 4) is 0 Å². The highest BCUT2D eigenvalue weighted by Crippen LogP contribution is 2.32. The molecule has 2 fully saturated rings. The summed E-state index contributed by atoms with van der Waals surface area (Å²) in [5, 5.41) is 13.1. The molecule has 0 saturated carbocycles. The average molecular weight is 394 g/mol. The molecular formula is C20H27NO5S. The van der Waals surface area contributed by atoms with E-state index < -0.39 is 23.9 Å². The largest absolute Gasteiger partial charge is 0.458 e. The van der Waals surface area contributed by atoms with E-state index in [1.54, 1.807) is 24.3 Å². The first-order valence-corrected chi connectivity index (χ1v) is 10.1. The predicted molar refractivity (Wildman–Crippen MR) is 106 cm³/mol. The number of rotatable bonds is 5. The number of ether oxygens (including phenoxy) is 2. The molecule has 7 heteroatoms. The average Bonchev–Trinajstić information content (AvgIpc) is 3.11. The standard InChI is InChI=1S/C15H17NO5S.C5H10/c17-13(10-4-2-1-3-5-10)21-11-6-7-20-15(19,8-11)12-9-22-14(18)16-12;1-3-5-4-2/h1-5,11-12,19H,6-9H2,(H,16,18);3H,1,4-5H2,2H3/t11?,12?,15-;/m1./s1. The number of hydrogen-bond acceptors (Lipinski definition) is 6. The number of thioether (sulfide) groups is 1. The van der Waals surface area contributed by atoms with Crippen molar-refractivity contribution in [2.75, 3.05) is 12.4 Å². The van der Waals surface area contributed by atoms with E-state index in [0.29, 0.717) is 17.7 Å². The molecule has 2 aliphatic heterocycles. The van der Waals surface area contributed by atoms with Gasteiger partial charge in [0.1, 0.15) is 6.10 Å². The first-order valence-electron chi connectivity index (χ1n) is 9.15. The number of esters is 1. The third-order valence-corrected chi connectivity index (χ3v) is 5.19. The lowest BCUT2D eigenvalue weighted by Crippen LogP contribution is -2.56. The number of nitrogens with one attached hydrogen (secondary N) is 1. The molecule has 2 saturated heterocycles. The maximum absolute atomic E-state index is 12.1. The Morgan fingerprint density at radius 3 is 2.78 bits per heavy atom. The monoisotopic (exact) mass is 393 g/mol. The summed E-state index contributed by atoms with van der Waals surface area (Å²) in [4.78, 5) is 23.4. The molecule has 0 aromatic heterocycles. The molecule has 3 rings (SSSR count). The van der Waals surface area contributed by atoms with Crippen LogP contribution in [-0.2, 0) is 9.47 Å². The molecule has 2 N–H and O–H groups in total. The smallest absolute Gasteiger partial charge is 0.338 e. The normalized spacial score (nSPS) is 27.1. The van der Waals surface area contributed by atoms with Crippen molar-refractivity contribution in [1.82, 2.24) is 5.32 Å². The minimum absolute atomic E-state index is 0.150. The van der Waals surface area contributed by atoms with Gasteiger partial charge in [0, 0.05) is 18.6 Å². The minimum atomic E-state index is -1.49. The summed E-state index contributed by atoms with van der Waals surface area (Å²) in [6, 6.07) is 8.24. The van der Waals surface area contributed by atoms with Gasteiger partial charge in [0.2, 0.25) is 0 Å². The molecule has 27 heavy (non-hydrogen) atoms. The molecule has 1 amide bonds. The summed E-state index contributed by atoms with van der Waals surface area (Å²) < 4.78 is 10.9. The number of benzene rings is 1. The molecule has 148 valence electrons. The van der Waals surface area contributed by atoms with E-state index in [0.717, 1.165) is 18.2 Å². The van der Waals surface area contributed by atoms with Gasteiger partial charge in [-0.05, 0) is 18.6 Å². The van der Waals surface area contributed by atoms with Gasteiger partial charge in [-0.25, -0.2) is 4.79 Å². The van der Waals surface area contributed by atoms with Gasteiger partial charge in [-0.2, -0.15) is 0 Å². The third kappa shape index (κ3) is 6.37. The fourth-order valence-corrected chi connectivity index (χ4v) is 3.71. The second-order valence-electron chi connectivity index (χ2n) is 6.45. The topological polar surface area (TPSA) is 84.9 Å². The number of amides is 1. The number of carbonyl (C=O) groups excluding carboxylic acids is 2. The second kappa shape index (κ2) is 10.5. The van der Waals surface area contributed by atoms with E-state index in [1.165, 1.54) is 6.42 Å². The molecule has 2 heterocycles. The van der Waals surface area contributed by atoms with Crippen LogP contribution in [0.1, 0.15) is 43.0 Å². The Morgan fingerprint density at radius 1 is 1.48 bits per heavy atom. The molecule has 1 aromatic rings. The van der Waals surface area contributed by atoms with Gasteiger partial charge in [-0.15, -0.1) is 6.58 Å². The number of aliphatic hydroxyl groups is 1. The Morgan fingerprint density at radius 2 is 2.22 bits per heavy atom. The summed E-state index contributed by atoms with van der Waals surface area (Å²) in [6.07, 6.45) is 4.55. The highest BCUT2D eigenvalue weighted by molar-refractivity contribution is 8.14. The van der Waals surface area contributed by atoms with Crippen molar-refractivity contribution < 1.29 is 24.2 Å². The van der Waals surface area contributed by atoms with E-state index in [2.05, 4.69) is 18.8 Å². The summed E-state index contributed by atoms with van der Waals surface area (Å²) in [5.41, 5.74) is 0.474. The number of allylic oxidation sites excluding steroid dienone is 1. The highest BCUT2D eigenvalue weighted by Gasteiger charge is 2.47. The Bertz CT molecular complexity index is 639. The molecular weight excluding hydrogens is 366 g/mol. The molecule has 0 spiro atoms. The van der Waals surface area contributed by atoms with Crippen LogP contribution in [0.5, 0.6) is 0 Å². The predicted octanol–water partition coefficient (Wildman–Crippen LogP) is 3.51. The lowest BCUT2D eigenvalue weighted by molar-refractivity contribution is -0.253. The molecule has 0 aliphatic carbocycles. The zero-order valence-corrected chi connectivity index (χ0v) is 16.4. The fraction of sp³-hybridized carbons (Fsp3) is 0.500. The molecule has 1 aromatic carbocycles. The summed E-state index contributed by atoms with van der Waals surface area (Å²) in [5.74, 6) is -1.46. The summed E-state index contributed by atoms with van der Waals surface area (Å²) in [7, 11) is 0. The van der Waals surface area contributed by atoms with Gasteiger partial charge in [-0.1, -0.05) is 49.4 Å². The molecule has 6 nitrogen and oxygen atoms in total. The molecule has 0 radical (unpaired) electrons. The quantitative estimate of drug-likeness (QED) is 0.588. The van der Waals surface area contributed by atoms with Crippen LogP contribution in [0.2, 0.25) is 0 Å². The van der Waals surface area contributed by atoms with Gasteiger partial charge >= 0.3 is 5.97 Å². The van der Waals surface area contributed by atoms with Crippen LogP contribution in [-0.4, -0.2) is 46.6 Å². The highest BCUT2D eigenvalue weighted by atomic mass is 32.2. The molecule has 2 aliphatic rings. The Balaban J connectivity index is 0.000000465. The SMILES string of the molecule is C=CCCC.O=C1NC([C@@]2(O)CC(OC(=O)c3ccccc3)CCO2)CS1. The lowest BCUT2D eigenvalue weighted by atomic mass is 9.96. The molecule has 2 unspecified atom stereocenters. The van der Waals surface area contributed by atoms with Crippen molar-refractivity contribution in [3.05, 3.63) is 48.6 Å². The van der Waals surface area contributed by atoms with Crippen molar-refractivity contribution >= 4 is 23.0 Å². The van der Waals surface area contributed by atoms with Gasteiger partial charge in [0.15, 0.2) is 5.79 Å². The summed E-state index contributed by atoms with van der Waals surface area (Å²) in [6.45, 7) is 5.97. The maximum Gasteiger partial charge on any atom is 0.338 e. The lowest BCUT2D eigenvalue weighted by Gasteiger charge is -2.39. The van der Waals surface area contributed by atoms with E-state index in [-0.39, 0.29) is 18.3 Å². The van der Waals surface area contributed by atoms with E-state index in [4.69, 9.17) is 9.47 Å². The minimum Gasteiger partial charge on any atom is -0.458 e. The van der Waals surface area contributed by atoms with Crippen LogP contribution in [0.15, 0.2) is 43.0 Å². The van der Waals surface area contributed by atoms with Crippen molar-refractivity contribution in [1.29, 1.82) is 0 Å². The van der Waals surface area contributed by atoms with Gasteiger partial charge in [0.05, 0.1) is 18.2 Å². The third-order valence-electron chi connectivity index (χ3n) is 4.31. The fourth-order valence-electron chi connectivity index (χ4n) is 2.82. The van der Waals surface area contributed by atoms with Crippen molar-refractivity contribution in [3.63, 3.8) is 0 Å². The first kappa shape index (κ1) is 21.5. The van der Waals surface area contributed by atoms with Crippen LogP contribution in [0.4, 0.5) is 4.79 Å². The van der Waals surface area contributed by atoms with Crippen molar-refractivity contribution in [2.24, 2.45) is 0 Å². The molecule has 0 bridgehead atoms. The Hall–Kier alpha value is -1.83. The van der Waals surface area contributed by atoms with Crippen LogP contribution < -0.4 is 5.32 Å². The zero-order valence-electron chi connectivity index (χ0n) is 15.6. The van der Waals surface area contributed by atoms with E-state index in [1.807, 2.05) is 12.1 Å². The van der Waals surface area contributed by atoms with Gasteiger partial charge in [-0.3, -0.25) is 4.79 Å². The molecule has 3 atom stereocenters. The number of hydrogen-bond donors (Lipinski definition) is 2. The van der Waals surface area contributed by atoms with E-state index in [9.17, 15) is 14.7 Å². The van der Waals surface area contributed by atoms with Crippen LogP contribution in [0.25, 0.3) is 0 Å². The number of unbranched alkanes of at least 4 members (excludes halogenated alkanes) is 1. The van der Waals surface area contributed by atoms with Gasteiger partial charge in [0.25, 0.3) is 5.24 Å². The zero-order chi connectivity index (χ0) is 19.7. The second-order valence-corrected chi connectivity index (χ2v) is 7.44. The van der Waals surface area contributed by atoms with Crippen LogP contribution in [0, 0.1) is 0 Å².